The van der Waals surface area contributed by atoms with Crippen molar-refractivity contribution < 1.29 is 17.9 Å². The van der Waals surface area contributed by atoms with Gasteiger partial charge in [0.15, 0.2) is 9.84 Å². The summed E-state index contributed by atoms with van der Waals surface area (Å²) in [5.41, 5.74) is 0.922. The van der Waals surface area contributed by atoms with Crippen molar-refractivity contribution >= 4 is 27.1 Å². The van der Waals surface area contributed by atoms with Crippen LogP contribution in [0.25, 0.3) is 0 Å². The van der Waals surface area contributed by atoms with Crippen LogP contribution in [0, 0.1) is 0 Å². The Morgan fingerprint density at radius 3 is 2.82 bits per heavy atom. The Morgan fingerprint density at radius 2 is 2.05 bits per heavy atom. The first kappa shape index (κ1) is 15.1. The molecule has 7 heteroatoms. The number of rotatable bonds is 2. The number of carbonyl (C=O) groups excluding carboxylic acids is 1. The molecule has 0 saturated heterocycles. The van der Waals surface area contributed by atoms with Gasteiger partial charge in [-0.05, 0) is 17.5 Å². The molecule has 116 valence electrons. The first-order chi connectivity index (χ1) is 10.5. The Balaban J connectivity index is 1.92. The number of para-hydroxylation sites is 1. The van der Waals surface area contributed by atoms with Gasteiger partial charge in [0.1, 0.15) is 17.2 Å². The third-order valence-electron chi connectivity index (χ3n) is 3.46. The zero-order valence-electron chi connectivity index (χ0n) is 12.0. The summed E-state index contributed by atoms with van der Waals surface area (Å²) in [6.07, 6.45) is 1.12. The summed E-state index contributed by atoms with van der Waals surface area (Å²) < 4.78 is 29.2. The molecule has 1 aromatic carbocycles. The lowest BCUT2D eigenvalue weighted by Crippen LogP contribution is -2.32. The van der Waals surface area contributed by atoms with Crippen molar-refractivity contribution in [2.45, 2.75) is 11.4 Å². The van der Waals surface area contributed by atoms with Gasteiger partial charge >= 0.3 is 0 Å². The zero-order valence-corrected chi connectivity index (χ0v) is 13.6. The normalized spacial score (nSPS) is 14.9. The fourth-order valence-corrected chi connectivity index (χ4v) is 4.57. The van der Waals surface area contributed by atoms with E-state index in [4.69, 9.17) is 4.74 Å². The maximum atomic E-state index is 12.7. The van der Waals surface area contributed by atoms with E-state index in [1.165, 1.54) is 6.07 Å². The molecule has 1 aliphatic heterocycles. The Labute approximate surface area is 133 Å². The van der Waals surface area contributed by atoms with Crippen LogP contribution in [0.5, 0.6) is 5.75 Å². The molecule has 0 atom stereocenters. The Hall–Kier alpha value is -1.86. The van der Waals surface area contributed by atoms with Crippen molar-refractivity contribution in [3.63, 3.8) is 0 Å². The average molecular weight is 337 g/mol. The molecule has 2 aromatic rings. The highest BCUT2D eigenvalue weighted by atomic mass is 32.2. The lowest BCUT2D eigenvalue weighted by molar-refractivity contribution is 0.0734. The number of hydrogen-bond donors (Lipinski definition) is 0. The van der Waals surface area contributed by atoms with E-state index >= 15 is 0 Å². The monoisotopic (exact) mass is 337 g/mol. The second kappa shape index (κ2) is 5.73. The minimum atomic E-state index is -3.41. The molecule has 2 heterocycles. The molecule has 0 bridgehead atoms. The van der Waals surface area contributed by atoms with Gasteiger partial charge in [0.05, 0.1) is 11.4 Å². The molecule has 5 nitrogen and oxygen atoms in total. The van der Waals surface area contributed by atoms with Crippen LogP contribution in [0.15, 0.2) is 40.6 Å². The van der Waals surface area contributed by atoms with Gasteiger partial charge < -0.3 is 9.64 Å². The molecule has 0 saturated carbocycles. The predicted molar refractivity (Wildman–Crippen MR) is 84.1 cm³/mol. The highest BCUT2D eigenvalue weighted by Crippen LogP contribution is 2.27. The summed E-state index contributed by atoms with van der Waals surface area (Å²) in [6.45, 7) is 1.23. The topological polar surface area (TPSA) is 63.7 Å². The molecule has 1 aliphatic rings. The molecule has 0 N–H and O–H groups in total. The third-order valence-corrected chi connectivity index (χ3v) is 5.63. The van der Waals surface area contributed by atoms with E-state index in [9.17, 15) is 13.2 Å². The van der Waals surface area contributed by atoms with E-state index in [1.54, 1.807) is 10.3 Å². The summed E-state index contributed by atoms with van der Waals surface area (Å²) in [4.78, 5) is 14.7. The highest BCUT2D eigenvalue weighted by Gasteiger charge is 2.26. The van der Waals surface area contributed by atoms with E-state index in [2.05, 4.69) is 0 Å². The summed E-state index contributed by atoms with van der Waals surface area (Å²) in [5.74, 6) is 0.503. The van der Waals surface area contributed by atoms with Gasteiger partial charge in [-0.3, -0.25) is 4.79 Å². The largest absolute Gasteiger partial charge is 0.491 e. The van der Waals surface area contributed by atoms with Crippen LogP contribution in [0.4, 0.5) is 0 Å². The quantitative estimate of drug-likeness (QED) is 0.843. The van der Waals surface area contributed by atoms with Crippen molar-refractivity contribution in [1.29, 1.82) is 0 Å². The molecule has 1 amide bonds. The second-order valence-electron chi connectivity index (χ2n) is 5.07. The lowest BCUT2D eigenvalue weighted by atomic mass is 10.2. The number of thiophene rings is 1. The zero-order chi connectivity index (χ0) is 15.7. The van der Waals surface area contributed by atoms with E-state index in [0.29, 0.717) is 19.7 Å². The number of hydrogen-bond acceptors (Lipinski definition) is 5. The van der Waals surface area contributed by atoms with Crippen LogP contribution in [0.3, 0.4) is 0 Å². The SMILES string of the molecule is CS(=O)(=O)c1ccsc1C(=O)N1CCOc2ccccc2C1. The van der Waals surface area contributed by atoms with Crippen LogP contribution in [0.2, 0.25) is 0 Å². The summed E-state index contributed by atoms with van der Waals surface area (Å²) >= 11 is 1.16. The molecule has 3 rings (SSSR count). The van der Waals surface area contributed by atoms with Crippen LogP contribution in [0.1, 0.15) is 15.2 Å². The van der Waals surface area contributed by atoms with Crippen molar-refractivity contribution in [1.82, 2.24) is 4.90 Å². The first-order valence-electron chi connectivity index (χ1n) is 6.74. The van der Waals surface area contributed by atoms with Gasteiger partial charge in [-0.25, -0.2) is 8.42 Å². The minimum absolute atomic E-state index is 0.0981. The van der Waals surface area contributed by atoms with E-state index in [0.717, 1.165) is 28.9 Å². The summed E-state index contributed by atoms with van der Waals surface area (Å²) in [7, 11) is -3.41. The smallest absolute Gasteiger partial charge is 0.265 e. The number of amides is 1. The Morgan fingerprint density at radius 1 is 1.27 bits per heavy atom. The van der Waals surface area contributed by atoms with Crippen LogP contribution >= 0.6 is 11.3 Å². The van der Waals surface area contributed by atoms with E-state index in [1.807, 2.05) is 24.3 Å². The number of carbonyl (C=O) groups is 1. The lowest BCUT2D eigenvalue weighted by Gasteiger charge is -2.19. The Bertz CT molecular complexity index is 810. The van der Waals surface area contributed by atoms with Crippen molar-refractivity contribution in [2.75, 3.05) is 19.4 Å². The summed E-state index contributed by atoms with van der Waals surface area (Å²) in [6, 6.07) is 9.04. The van der Waals surface area contributed by atoms with Gasteiger partial charge in [-0.2, -0.15) is 0 Å². The van der Waals surface area contributed by atoms with Crippen molar-refractivity contribution in [2.24, 2.45) is 0 Å². The standard InChI is InChI=1S/C15H15NO4S2/c1-22(18,19)13-6-9-21-14(13)15(17)16-7-8-20-12-5-3-2-4-11(12)10-16/h2-6,9H,7-8,10H2,1H3. The number of sulfone groups is 1. The van der Waals surface area contributed by atoms with Crippen molar-refractivity contribution in [3.8, 4) is 5.75 Å². The number of benzene rings is 1. The maximum Gasteiger partial charge on any atom is 0.265 e. The maximum absolute atomic E-state index is 12.7. The first-order valence-corrected chi connectivity index (χ1v) is 9.51. The van der Waals surface area contributed by atoms with Crippen LogP contribution < -0.4 is 4.74 Å². The van der Waals surface area contributed by atoms with Crippen LogP contribution in [-0.4, -0.2) is 38.6 Å². The third kappa shape index (κ3) is 2.86. The molecule has 0 unspecified atom stereocenters. The van der Waals surface area contributed by atoms with E-state index in [-0.39, 0.29) is 15.7 Å². The molecule has 0 spiro atoms. The Kier molecular flexibility index (Phi) is 3.92. The fourth-order valence-electron chi connectivity index (χ4n) is 2.39. The molecule has 1 aromatic heterocycles. The molecule has 0 radical (unpaired) electrons. The second-order valence-corrected chi connectivity index (χ2v) is 7.97. The van der Waals surface area contributed by atoms with Gasteiger partial charge in [0.25, 0.3) is 5.91 Å². The van der Waals surface area contributed by atoms with Gasteiger partial charge in [-0.1, -0.05) is 18.2 Å². The number of ether oxygens (including phenoxy) is 1. The fraction of sp³-hybridized carbons (Fsp3) is 0.267. The van der Waals surface area contributed by atoms with Gasteiger partial charge in [0, 0.05) is 18.4 Å². The van der Waals surface area contributed by atoms with E-state index < -0.39 is 9.84 Å². The minimum Gasteiger partial charge on any atom is -0.491 e. The van der Waals surface area contributed by atoms with Crippen LogP contribution in [-0.2, 0) is 16.4 Å². The predicted octanol–water partition coefficient (Wildman–Crippen LogP) is 2.19. The number of fused-ring (bicyclic) bond motifs is 1. The molecule has 0 fully saturated rings. The molecular weight excluding hydrogens is 322 g/mol. The molecule has 22 heavy (non-hydrogen) atoms. The number of nitrogens with zero attached hydrogens (tertiary/aromatic N) is 1. The summed E-state index contributed by atoms with van der Waals surface area (Å²) in [5, 5.41) is 1.63. The van der Waals surface area contributed by atoms with Gasteiger partial charge in [0.2, 0.25) is 0 Å². The van der Waals surface area contributed by atoms with Crippen molar-refractivity contribution in [3.05, 3.63) is 46.2 Å². The van der Waals surface area contributed by atoms with Gasteiger partial charge in [-0.15, -0.1) is 11.3 Å². The molecular formula is C15H15NO4S2. The highest BCUT2D eigenvalue weighted by molar-refractivity contribution is 7.91. The molecule has 0 aliphatic carbocycles. The average Bonchev–Trinajstić information content (AvgIpc) is 2.87.